The third kappa shape index (κ3) is 2.80. The van der Waals surface area contributed by atoms with Gasteiger partial charge in [0.1, 0.15) is 0 Å². The van der Waals surface area contributed by atoms with Crippen molar-refractivity contribution in [2.75, 3.05) is 6.54 Å². The first kappa shape index (κ1) is 15.9. The third-order valence-electron chi connectivity index (χ3n) is 5.53. The van der Waals surface area contributed by atoms with E-state index in [2.05, 4.69) is 65.6 Å². The summed E-state index contributed by atoms with van der Waals surface area (Å²) in [5, 5.41) is 3.63. The molecule has 0 bridgehead atoms. The standard InChI is InChI=1S/C21H26N2S/c1-3-12-23(15(2)21-5-4-13-24-21)17-8-6-16-7-9-20-18(10-11-22-20)19(16)14-17/h4-5,7,9-11,13,15,17,22H,3,6,8,12,14H2,1-2H3. The third-order valence-corrected chi connectivity index (χ3v) is 6.58. The molecule has 2 nitrogen and oxygen atoms in total. The van der Waals surface area contributed by atoms with Crippen molar-refractivity contribution >= 4 is 22.2 Å². The highest BCUT2D eigenvalue weighted by Crippen LogP contribution is 2.34. The summed E-state index contributed by atoms with van der Waals surface area (Å²) >= 11 is 1.89. The minimum atomic E-state index is 0.516. The highest BCUT2D eigenvalue weighted by atomic mass is 32.1. The predicted molar refractivity (Wildman–Crippen MR) is 104 cm³/mol. The van der Waals surface area contributed by atoms with Crippen molar-refractivity contribution in [3.8, 4) is 0 Å². The van der Waals surface area contributed by atoms with E-state index in [4.69, 9.17) is 0 Å². The molecule has 1 N–H and O–H groups in total. The molecule has 0 saturated heterocycles. The maximum atomic E-state index is 3.37. The van der Waals surface area contributed by atoms with Crippen LogP contribution in [-0.4, -0.2) is 22.5 Å². The lowest BCUT2D eigenvalue weighted by atomic mass is 9.85. The lowest BCUT2D eigenvalue weighted by Crippen LogP contribution is -2.41. The van der Waals surface area contributed by atoms with Gasteiger partial charge in [-0.1, -0.05) is 19.1 Å². The van der Waals surface area contributed by atoms with Gasteiger partial charge in [0.25, 0.3) is 0 Å². The second-order valence-electron chi connectivity index (χ2n) is 6.97. The molecule has 3 aromatic rings. The molecule has 126 valence electrons. The highest BCUT2D eigenvalue weighted by Gasteiger charge is 2.29. The van der Waals surface area contributed by atoms with Gasteiger partial charge in [0.05, 0.1) is 0 Å². The van der Waals surface area contributed by atoms with Crippen molar-refractivity contribution in [1.29, 1.82) is 0 Å². The van der Waals surface area contributed by atoms with Crippen molar-refractivity contribution < 1.29 is 0 Å². The van der Waals surface area contributed by atoms with Crippen LogP contribution in [-0.2, 0) is 12.8 Å². The normalized spacial score (nSPS) is 18.9. The molecular formula is C21H26N2S. The van der Waals surface area contributed by atoms with E-state index < -0.39 is 0 Å². The van der Waals surface area contributed by atoms with Gasteiger partial charge < -0.3 is 4.98 Å². The number of nitrogens with one attached hydrogen (secondary N) is 1. The summed E-state index contributed by atoms with van der Waals surface area (Å²) in [7, 11) is 0. The molecule has 0 spiro atoms. The first-order valence-electron chi connectivity index (χ1n) is 9.15. The van der Waals surface area contributed by atoms with Crippen LogP contribution in [0.5, 0.6) is 0 Å². The predicted octanol–water partition coefficient (Wildman–Crippen LogP) is 5.56. The molecule has 2 aromatic heterocycles. The summed E-state index contributed by atoms with van der Waals surface area (Å²) in [6.07, 6.45) is 6.96. The average Bonchev–Trinajstić information content (AvgIpc) is 3.29. The zero-order valence-electron chi connectivity index (χ0n) is 14.6. The van der Waals surface area contributed by atoms with Gasteiger partial charge in [-0.2, -0.15) is 0 Å². The molecule has 1 aromatic carbocycles. The second-order valence-corrected chi connectivity index (χ2v) is 7.95. The maximum absolute atomic E-state index is 3.37. The van der Waals surface area contributed by atoms with Gasteiger partial charge in [-0.05, 0) is 73.9 Å². The highest BCUT2D eigenvalue weighted by molar-refractivity contribution is 7.10. The maximum Gasteiger partial charge on any atom is 0.0456 e. The Morgan fingerprint density at radius 1 is 1.29 bits per heavy atom. The summed E-state index contributed by atoms with van der Waals surface area (Å²) in [6.45, 7) is 5.87. The Kier molecular flexibility index (Phi) is 4.47. The molecular weight excluding hydrogens is 312 g/mol. The van der Waals surface area contributed by atoms with Gasteiger partial charge in [0, 0.05) is 34.1 Å². The number of hydrogen-bond donors (Lipinski definition) is 1. The van der Waals surface area contributed by atoms with E-state index in [1.807, 2.05) is 11.3 Å². The lowest BCUT2D eigenvalue weighted by molar-refractivity contribution is 0.132. The molecule has 0 amide bonds. The molecule has 2 atom stereocenters. The fourth-order valence-corrected chi connectivity index (χ4v) is 5.11. The summed E-state index contributed by atoms with van der Waals surface area (Å²) < 4.78 is 0. The van der Waals surface area contributed by atoms with Crippen LogP contribution < -0.4 is 0 Å². The van der Waals surface area contributed by atoms with Gasteiger partial charge >= 0.3 is 0 Å². The molecule has 2 heterocycles. The number of fused-ring (bicyclic) bond motifs is 3. The largest absolute Gasteiger partial charge is 0.361 e. The van der Waals surface area contributed by atoms with E-state index in [0.29, 0.717) is 12.1 Å². The molecule has 0 saturated carbocycles. The monoisotopic (exact) mass is 338 g/mol. The van der Waals surface area contributed by atoms with Crippen LogP contribution in [0.2, 0.25) is 0 Å². The lowest BCUT2D eigenvalue weighted by Gasteiger charge is -2.39. The van der Waals surface area contributed by atoms with Crippen molar-refractivity contribution in [2.24, 2.45) is 0 Å². The molecule has 0 radical (unpaired) electrons. The number of aryl methyl sites for hydroxylation is 1. The molecule has 4 rings (SSSR count). The molecule has 1 aliphatic rings. The Labute approximate surface area is 148 Å². The fraction of sp³-hybridized carbons (Fsp3) is 0.429. The van der Waals surface area contributed by atoms with Crippen LogP contribution in [0.3, 0.4) is 0 Å². The Morgan fingerprint density at radius 3 is 3.00 bits per heavy atom. The molecule has 0 aliphatic heterocycles. The van der Waals surface area contributed by atoms with E-state index in [0.717, 1.165) is 0 Å². The SMILES string of the molecule is CCCN(C1CCc2ccc3[nH]ccc3c2C1)C(C)c1cccs1. The zero-order valence-corrected chi connectivity index (χ0v) is 15.4. The second kappa shape index (κ2) is 6.73. The van der Waals surface area contributed by atoms with Gasteiger partial charge in [0.15, 0.2) is 0 Å². The van der Waals surface area contributed by atoms with Gasteiger partial charge in [-0.15, -0.1) is 11.3 Å². The molecule has 1 aliphatic carbocycles. The first-order chi connectivity index (χ1) is 11.8. The number of rotatable bonds is 5. The van der Waals surface area contributed by atoms with Crippen LogP contribution in [0.4, 0.5) is 0 Å². The summed E-state index contributed by atoms with van der Waals surface area (Å²) in [4.78, 5) is 7.62. The van der Waals surface area contributed by atoms with E-state index in [1.54, 1.807) is 11.1 Å². The quantitative estimate of drug-likeness (QED) is 0.645. The topological polar surface area (TPSA) is 19.0 Å². The summed E-state index contributed by atoms with van der Waals surface area (Å²) in [6, 6.07) is 12.5. The Balaban J connectivity index is 1.64. The number of aromatic nitrogens is 1. The van der Waals surface area contributed by atoms with Crippen molar-refractivity contribution in [1.82, 2.24) is 9.88 Å². The number of hydrogen-bond acceptors (Lipinski definition) is 2. The minimum absolute atomic E-state index is 0.516. The number of benzene rings is 1. The Morgan fingerprint density at radius 2 is 2.21 bits per heavy atom. The molecule has 24 heavy (non-hydrogen) atoms. The minimum Gasteiger partial charge on any atom is -0.361 e. The Bertz CT molecular complexity index is 802. The molecule has 2 unspecified atom stereocenters. The van der Waals surface area contributed by atoms with Gasteiger partial charge in [0.2, 0.25) is 0 Å². The first-order valence-corrected chi connectivity index (χ1v) is 10.0. The van der Waals surface area contributed by atoms with Crippen LogP contribution >= 0.6 is 11.3 Å². The fourth-order valence-electron chi connectivity index (χ4n) is 4.30. The van der Waals surface area contributed by atoms with Crippen LogP contribution in [0.25, 0.3) is 10.9 Å². The summed E-state index contributed by atoms with van der Waals surface area (Å²) in [5.41, 5.74) is 4.41. The number of nitrogens with zero attached hydrogens (tertiary/aromatic N) is 1. The summed E-state index contributed by atoms with van der Waals surface area (Å²) in [5.74, 6) is 0. The van der Waals surface area contributed by atoms with E-state index in [9.17, 15) is 0 Å². The van der Waals surface area contributed by atoms with Gasteiger partial charge in [-0.3, -0.25) is 4.90 Å². The van der Waals surface area contributed by atoms with Crippen LogP contribution in [0.1, 0.15) is 48.7 Å². The van der Waals surface area contributed by atoms with E-state index in [-0.39, 0.29) is 0 Å². The van der Waals surface area contributed by atoms with E-state index in [1.165, 1.54) is 48.0 Å². The van der Waals surface area contributed by atoms with Crippen molar-refractivity contribution in [3.63, 3.8) is 0 Å². The van der Waals surface area contributed by atoms with Crippen molar-refractivity contribution in [2.45, 2.75) is 51.6 Å². The zero-order chi connectivity index (χ0) is 16.5. The average molecular weight is 339 g/mol. The van der Waals surface area contributed by atoms with Gasteiger partial charge in [-0.25, -0.2) is 0 Å². The molecule has 0 fully saturated rings. The van der Waals surface area contributed by atoms with Crippen molar-refractivity contribution in [3.05, 3.63) is 57.9 Å². The number of thiophene rings is 1. The smallest absolute Gasteiger partial charge is 0.0456 e. The number of H-pyrrole nitrogens is 1. The molecule has 3 heteroatoms. The Hall–Kier alpha value is -1.58. The van der Waals surface area contributed by atoms with Crippen LogP contribution in [0.15, 0.2) is 41.9 Å². The van der Waals surface area contributed by atoms with E-state index >= 15 is 0 Å². The number of aromatic amines is 1. The van der Waals surface area contributed by atoms with Crippen LogP contribution in [0, 0.1) is 0 Å².